The van der Waals surface area contributed by atoms with Gasteiger partial charge in [0.05, 0.1) is 0 Å². The molecule has 44 valence electrons. The molecule has 0 saturated carbocycles. The number of carbonyl (C=O) groups excluding carboxylic acids is 1. The summed E-state index contributed by atoms with van der Waals surface area (Å²) in [6.07, 6.45) is 0. The van der Waals surface area contributed by atoms with Crippen molar-refractivity contribution in [3.63, 3.8) is 0 Å². The number of halogens is 1. The zero-order valence-corrected chi connectivity index (χ0v) is 5.64. The summed E-state index contributed by atoms with van der Waals surface area (Å²) in [5, 5.41) is 8.02. The molecule has 0 saturated heterocycles. The molecule has 0 aromatic carbocycles. The van der Waals surface area contributed by atoms with Crippen LogP contribution in [0.1, 0.15) is 0 Å². The lowest BCUT2D eigenvalue weighted by Crippen LogP contribution is -2.04. The molecule has 4 heteroatoms. The van der Waals surface area contributed by atoms with Crippen LogP contribution in [0.3, 0.4) is 0 Å². The van der Waals surface area contributed by atoms with Crippen molar-refractivity contribution >= 4 is 21.9 Å². The van der Waals surface area contributed by atoms with Crippen LogP contribution in [0, 0.1) is 11.3 Å². The van der Waals surface area contributed by atoms with E-state index >= 15 is 0 Å². The average molecular weight is 178 g/mol. The van der Waals surface area contributed by atoms with Crippen molar-refractivity contribution < 1.29 is 9.53 Å². The molecule has 0 aliphatic carbocycles. The molecule has 0 unspecified atom stereocenters. The van der Waals surface area contributed by atoms with Gasteiger partial charge >= 0.3 is 5.97 Å². The van der Waals surface area contributed by atoms with Crippen molar-refractivity contribution in [2.45, 2.75) is 0 Å². The molecule has 0 atom stereocenters. The van der Waals surface area contributed by atoms with E-state index in [1.54, 1.807) is 6.07 Å². The third-order valence-electron chi connectivity index (χ3n) is 0.407. The molecule has 0 aliphatic heterocycles. The predicted octanol–water partition coefficient (Wildman–Crippen LogP) is 0.448. The van der Waals surface area contributed by atoms with Crippen molar-refractivity contribution in [2.24, 2.45) is 0 Å². The first kappa shape index (κ1) is 7.44. The normalized spacial score (nSPS) is 7.50. The fourth-order valence-corrected chi connectivity index (χ4v) is 0.313. The van der Waals surface area contributed by atoms with Crippen LogP contribution in [0.5, 0.6) is 0 Å². The number of hydrogen-bond donors (Lipinski definition) is 0. The summed E-state index contributed by atoms with van der Waals surface area (Å²) >= 11 is 2.86. The van der Waals surface area contributed by atoms with Gasteiger partial charge in [-0.05, 0) is 0 Å². The van der Waals surface area contributed by atoms with E-state index in [4.69, 9.17) is 5.26 Å². The lowest BCUT2D eigenvalue weighted by molar-refractivity contribution is -0.138. The van der Waals surface area contributed by atoms with Crippen LogP contribution in [-0.4, -0.2) is 17.9 Å². The summed E-state index contributed by atoms with van der Waals surface area (Å²) in [6.45, 7) is -0.162. The molecule has 0 aromatic rings. The first-order chi connectivity index (χ1) is 3.81. The fourth-order valence-electron chi connectivity index (χ4n) is 0.151. The van der Waals surface area contributed by atoms with Crippen molar-refractivity contribution in [1.29, 1.82) is 5.26 Å². The minimum Gasteiger partial charge on any atom is -0.450 e. The summed E-state index contributed by atoms with van der Waals surface area (Å²) in [6, 6.07) is 1.67. The Bertz CT molecular complexity index is 118. The standard InChI is InChI=1S/C4H4BrNO2/c5-3-4(7)8-2-1-6/h2-3H2. The summed E-state index contributed by atoms with van der Waals surface area (Å²) in [4.78, 5) is 10.2. The van der Waals surface area contributed by atoms with Gasteiger partial charge in [0.2, 0.25) is 0 Å². The quantitative estimate of drug-likeness (QED) is 0.455. The second kappa shape index (κ2) is 4.60. The van der Waals surface area contributed by atoms with E-state index in [9.17, 15) is 4.79 Å². The van der Waals surface area contributed by atoms with E-state index in [-0.39, 0.29) is 11.9 Å². The van der Waals surface area contributed by atoms with Gasteiger partial charge < -0.3 is 4.74 Å². The summed E-state index contributed by atoms with van der Waals surface area (Å²) in [5.41, 5.74) is 0. The van der Waals surface area contributed by atoms with Gasteiger partial charge in [-0.3, -0.25) is 4.79 Å². The van der Waals surface area contributed by atoms with E-state index < -0.39 is 5.97 Å². The van der Waals surface area contributed by atoms with E-state index in [2.05, 4.69) is 20.7 Å². The van der Waals surface area contributed by atoms with E-state index in [1.165, 1.54) is 0 Å². The highest BCUT2D eigenvalue weighted by Gasteiger charge is 1.94. The van der Waals surface area contributed by atoms with Crippen LogP contribution >= 0.6 is 15.9 Å². The molecule has 0 amide bonds. The molecular weight excluding hydrogens is 174 g/mol. The average Bonchev–Trinajstić information content (AvgIpc) is 1.83. The van der Waals surface area contributed by atoms with Gasteiger partial charge in [0.25, 0.3) is 0 Å². The van der Waals surface area contributed by atoms with Gasteiger partial charge in [-0.1, -0.05) is 15.9 Å². The maximum atomic E-state index is 10.2. The van der Waals surface area contributed by atoms with Crippen LogP contribution < -0.4 is 0 Å². The Labute approximate surface area is 55.4 Å². The maximum absolute atomic E-state index is 10.2. The summed E-state index contributed by atoms with van der Waals surface area (Å²) in [5.74, 6) is -0.411. The Morgan fingerprint density at radius 2 is 2.50 bits per heavy atom. The van der Waals surface area contributed by atoms with Crippen molar-refractivity contribution in [2.75, 3.05) is 11.9 Å². The maximum Gasteiger partial charge on any atom is 0.317 e. The largest absolute Gasteiger partial charge is 0.450 e. The minimum atomic E-state index is -0.411. The summed E-state index contributed by atoms with van der Waals surface area (Å²) < 4.78 is 4.29. The molecule has 0 aromatic heterocycles. The summed E-state index contributed by atoms with van der Waals surface area (Å²) in [7, 11) is 0. The Kier molecular flexibility index (Phi) is 4.27. The van der Waals surface area contributed by atoms with Gasteiger partial charge in [-0.2, -0.15) is 5.26 Å². The number of nitrogens with zero attached hydrogens (tertiary/aromatic N) is 1. The first-order valence-electron chi connectivity index (χ1n) is 1.89. The van der Waals surface area contributed by atoms with Gasteiger partial charge in [-0.15, -0.1) is 0 Å². The second-order valence-electron chi connectivity index (χ2n) is 0.952. The van der Waals surface area contributed by atoms with E-state index in [1.807, 2.05) is 0 Å². The molecule has 0 rings (SSSR count). The number of ether oxygens (including phenoxy) is 1. The third-order valence-corrected chi connectivity index (χ3v) is 0.865. The highest BCUT2D eigenvalue weighted by atomic mass is 79.9. The lowest BCUT2D eigenvalue weighted by Gasteiger charge is -1.91. The predicted molar refractivity (Wildman–Crippen MR) is 30.4 cm³/mol. The Hall–Kier alpha value is -0.560. The zero-order chi connectivity index (χ0) is 6.41. The first-order valence-corrected chi connectivity index (χ1v) is 3.02. The molecule has 0 bridgehead atoms. The molecule has 0 radical (unpaired) electrons. The van der Waals surface area contributed by atoms with Crippen LogP contribution in [-0.2, 0) is 9.53 Å². The zero-order valence-electron chi connectivity index (χ0n) is 4.06. The van der Waals surface area contributed by atoms with Crippen LogP contribution in [0.25, 0.3) is 0 Å². The molecule has 0 fully saturated rings. The van der Waals surface area contributed by atoms with Crippen molar-refractivity contribution in [1.82, 2.24) is 0 Å². The number of nitriles is 1. The van der Waals surface area contributed by atoms with Crippen LogP contribution in [0.2, 0.25) is 0 Å². The lowest BCUT2D eigenvalue weighted by atomic mass is 10.7. The minimum absolute atomic E-state index is 0.147. The number of alkyl halides is 1. The third kappa shape index (κ3) is 3.62. The SMILES string of the molecule is N#CCOC(=O)CBr. The highest BCUT2D eigenvalue weighted by molar-refractivity contribution is 9.09. The van der Waals surface area contributed by atoms with E-state index in [0.29, 0.717) is 0 Å². The smallest absolute Gasteiger partial charge is 0.317 e. The Balaban J connectivity index is 3.15. The second-order valence-corrected chi connectivity index (χ2v) is 1.51. The Morgan fingerprint density at radius 1 is 1.88 bits per heavy atom. The van der Waals surface area contributed by atoms with Gasteiger partial charge in [-0.25, -0.2) is 0 Å². The molecule has 8 heavy (non-hydrogen) atoms. The fraction of sp³-hybridized carbons (Fsp3) is 0.500. The van der Waals surface area contributed by atoms with E-state index in [0.717, 1.165) is 0 Å². The van der Waals surface area contributed by atoms with Gasteiger partial charge in [0.15, 0.2) is 6.61 Å². The number of esters is 1. The van der Waals surface area contributed by atoms with Gasteiger partial charge in [0.1, 0.15) is 11.4 Å². The number of hydrogen-bond acceptors (Lipinski definition) is 3. The molecule has 0 heterocycles. The molecule has 0 N–H and O–H groups in total. The molecular formula is C4H4BrNO2. The Morgan fingerprint density at radius 3 is 2.88 bits per heavy atom. The number of carbonyl (C=O) groups is 1. The van der Waals surface area contributed by atoms with Crippen molar-refractivity contribution in [3.8, 4) is 6.07 Å². The van der Waals surface area contributed by atoms with Crippen LogP contribution in [0.4, 0.5) is 0 Å². The molecule has 0 aliphatic rings. The molecule has 3 nitrogen and oxygen atoms in total. The molecule has 0 spiro atoms. The van der Waals surface area contributed by atoms with Crippen molar-refractivity contribution in [3.05, 3.63) is 0 Å². The highest BCUT2D eigenvalue weighted by Crippen LogP contribution is 1.82. The van der Waals surface area contributed by atoms with Crippen LogP contribution in [0.15, 0.2) is 0 Å². The van der Waals surface area contributed by atoms with Gasteiger partial charge in [0, 0.05) is 0 Å². The number of rotatable bonds is 2. The topological polar surface area (TPSA) is 50.1 Å². The monoisotopic (exact) mass is 177 g/mol.